The van der Waals surface area contributed by atoms with E-state index < -0.39 is 74.3 Å². The third-order valence-electron chi connectivity index (χ3n) is 15.0. The quantitative estimate of drug-likeness (QED) is 0.0750. The fourth-order valence-electron chi connectivity index (χ4n) is 11.7. The van der Waals surface area contributed by atoms with Crippen LogP contribution in [0.25, 0.3) is 45.5 Å². The van der Waals surface area contributed by atoms with Crippen molar-refractivity contribution in [3.05, 3.63) is 315 Å². The number of fused-ring (bicyclic) bond motifs is 6. The Balaban J connectivity index is 1.17. The predicted octanol–water partition coefficient (Wildman–Crippen LogP) is 18.1. The van der Waals surface area contributed by atoms with E-state index in [0.717, 1.165) is 5.56 Å². The van der Waals surface area contributed by atoms with E-state index in [0.29, 0.717) is 102 Å². The standard InChI is InChI=1S/C66H38F9N/c1-3-37-13-21-41(22-14-37)65(59-55(68)35-57(70)61(72)63(59)74)51-11-7-5-9-47(51)49-31-29-45(33-53(49)65)76(44-27-19-40(20-28-44)39-17-25-43(67)26-18-39)46-30-32-50-48-10-6-8-12-52(48)66(54(50)34-46,42-23-15-38(4-2)16-24-42)60-56(69)36-58(71)62(73)64(60)75/h3-36H,1-2H2. The van der Waals surface area contributed by atoms with Gasteiger partial charge in [-0.15, -0.1) is 0 Å². The molecule has 12 rings (SSSR count). The zero-order chi connectivity index (χ0) is 52.8. The number of benzene rings is 10. The van der Waals surface area contributed by atoms with Crippen LogP contribution in [0.3, 0.4) is 0 Å². The molecule has 2 atom stereocenters. The van der Waals surface area contributed by atoms with Gasteiger partial charge in [0.25, 0.3) is 0 Å². The molecule has 10 heteroatoms. The molecular weight excluding hydrogens is 978 g/mol. The molecule has 76 heavy (non-hydrogen) atoms. The summed E-state index contributed by atoms with van der Waals surface area (Å²) in [5, 5.41) is 0. The van der Waals surface area contributed by atoms with Gasteiger partial charge < -0.3 is 4.90 Å². The monoisotopic (exact) mass is 1020 g/mol. The Labute approximate surface area is 431 Å². The average Bonchev–Trinajstić information content (AvgIpc) is 4.08. The lowest BCUT2D eigenvalue weighted by Gasteiger charge is -2.36. The van der Waals surface area contributed by atoms with E-state index in [1.807, 2.05) is 17.0 Å². The molecule has 2 aliphatic rings. The first-order chi connectivity index (χ1) is 36.8. The summed E-state index contributed by atoms with van der Waals surface area (Å²) in [5.74, 6) is -13.7. The minimum atomic E-state index is -1.96. The molecule has 10 aromatic carbocycles. The van der Waals surface area contributed by atoms with E-state index in [2.05, 4.69) is 13.2 Å². The smallest absolute Gasteiger partial charge is 0.194 e. The fraction of sp³-hybridized carbons (Fsp3) is 0.0303. The topological polar surface area (TPSA) is 3.24 Å². The van der Waals surface area contributed by atoms with Crippen LogP contribution in [-0.4, -0.2) is 0 Å². The van der Waals surface area contributed by atoms with Gasteiger partial charge in [-0.1, -0.05) is 159 Å². The Hall–Kier alpha value is -9.15. The summed E-state index contributed by atoms with van der Waals surface area (Å²) in [7, 11) is 0. The van der Waals surface area contributed by atoms with E-state index in [-0.39, 0.29) is 0 Å². The summed E-state index contributed by atoms with van der Waals surface area (Å²) in [6, 6.07) is 51.8. The van der Waals surface area contributed by atoms with E-state index in [1.165, 1.54) is 12.1 Å². The van der Waals surface area contributed by atoms with Crippen molar-refractivity contribution in [2.45, 2.75) is 10.8 Å². The molecule has 0 aromatic heterocycles. The number of hydrogen-bond acceptors (Lipinski definition) is 1. The second-order valence-electron chi connectivity index (χ2n) is 18.8. The third-order valence-corrected chi connectivity index (χ3v) is 15.0. The Morgan fingerprint density at radius 1 is 0.329 bits per heavy atom. The molecule has 370 valence electrons. The molecule has 0 saturated carbocycles. The fourth-order valence-corrected chi connectivity index (χ4v) is 11.7. The first-order valence-electron chi connectivity index (χ1n) is 24.1. The van der Waals surface area contributed by atoms with Gasteiger partial charge in [0.05, 0.1) is 10.8 Å². The second kappa shape index (κ2) is 18.1. The predicted molar refractivity (Wildman–Crippen MR) is 281 cm³/mol. The van der Waals surface area contributed by atoms with Gasteiger partial charge in [-0.25, -0.2) is 39.5 Å². The van der Waals surface area contributed by atoms with Gasteiger partial charge in [-0.05, 0) is 126 Å². The molecule has 2 aliphatic carbocycles. The molecule has 2 unspecified atom stereocenters. The molecule has 0 fully saturated rings. The molecule has 0 saturated heterocycles. The molecule has 0 aliphatic heterocycles. The van der Waals surface area contributed by atoms with Crippen LogP contribution in [0.4, 0.5) is 56.6 Å². The Morgan fingerprint density at radius 2 is 0.697 bits per heavy atom. The molecule has 0 radical (unpaired) electrons. The molecule has 0 spiro atoms. The lowest BCUT2D eigenvalue weighted by Crippen LogP contribution is -2.32. The van der Waals surface area contributed by atoms with E-state index in [9.17, 15) is 4.39 Å². The van der Waals surface area contributed by atoms with Crippen molar-refractivity contribution in [2.75, 3.05) is 4.90 Å². The van der Waals surface area contributed by atoms with E-state index in [4.69, 9.17) is 0 Å². The molecule has 1 nitrogen and oxygen atoms in total. The van der Waals surface area contributed by atoms with Crippen molar-refractivity contribution in [1.82, 2.24) is 0 Å². The maximum absolute atomic E-state index is 17.0. The third kappa shape index (κ3) is 6.96. The minimum absolute atomic E-state index is 0.297. The molecular formula is C66H38F9N. The minimum Gasteiger partial charge on any atom is -0.310 e. The maximum atomic E-state index is 17.0. The summed E-state index contributed by atoms with van der Waals surface area (Å²) < 4.78 is 144. The lowest BCUT2D eigenvalue weighted by atomic mass is 9.67. The normalized spacial score (nSPS) is 15.9. The van der Waals surface area contributed by atoms with E-state index in [1.54, 1.807) is 170 Å². The van der Waals surface area contributed by atoms with Crippen molar-refractivity contribution in [1.29, 1.82) is 0 Å². The average molecular weight is 1020 g/mol. The van der Waals surface area contributed by atoms with Crippen molar-refractivity contribution in [2.24, 2.45) is 0 Å². The molecule has 0 bridgehead atoms. The zero-order valence-electron chi connectivity index (χ0n) is 39.9. The van der Waals surface area contributed by atoms with Crippen molar-refractivity contribution in [3.8, 4) is 33.4 Å². The van der Waals surface area contributed by atoms with Crippen molar-refractivity contribution < 1.29 is 39.5 Å². The first kappa shape index (κ1) is 47.8. The van der Waals surface area contributed by atoms with Gasteiger partial charge in [0.1, 0.15) is 17.5 Å². The van der Waals surface area contributed by atoms with Crippen molar-refractivity contribution in [3.63, 3.8) is 0 Å². The van der Waals surface area contributed by atoms with Gasteiger partial charge >= 0.3 is 0 Å². The highest BCUT2D eigenvalue weighted by Crippen LogP contribution is 2.61. The van der Waals surface area contributed by atoms with Crippen LogP contribution in [0.2, 0.25) is 0 Å². The highest BCUT2D eigenvalue weighted by molar-refractivity contribution is 5.93. The number of nitrogens with zero attached hydrogens (tertiary/aromatic N) is 1. The summed E-state index contributed by atoms with van der Waals surface area (Å²) in [6.45, 7) is 7.73. The van der Waals surface area contributed by atoms with Gasteiger partial charge in [-0.2, -0.15) is 0 Å². The summed E-state index contributed by atoms with van der Waals surface area (Å²) >= 11 is 0. The number of rotatable bonds is 10. The van der Waals surface area contributed by atoms with Crippen LogP contribution in [0.1, 0.15) is 55.6 Å². The van der Waals surface area contributed by atoms with Crippen LogP contribution in [-0.2, 0) is 10.8 Å². The maximum Gasteiger partial charge on any atom is 0.194 e. The summed E-state index contributed by atoms with van der Waals surface area (Å²) in [4.78, 5) is 1.81. The van der Waals surface area contributed by atoms with Gasteiger partial charge in [0.15, 0.2) is 34.9 Å². The lowest BCUT2D eigenvalue weighted by molar-refractivity contribution is 0.416. The second-order valence-corrected chi connectivity index (χ2v) is 18.8. The Kier molecular flexibility index (Phi) is 11.4. The Bertz CT molecular complexity index is 3800. The van der Waals surface area contributed by atoms with E-state index >= 15 is 35.1 Å². The molecule has 0 N–H and O–H groups in total. The summed E-state index contributed by atoms with van der Waals surface area (Å²) in [6.07, 6.45) is 3.19. The van der Waals surface area contributed by atoms with Gasteiger partial charge in [0.2, 0.25) is 0 Å². The van der Waals surface area contributed by atoms with Crippen molar-refractivity contribution >= 4 is 29.2 Å². The SMILES string of the molecule is C=Cc1ccc(C2(c3c(F)cc(F)c(F)c3F)c3ccccc3-c3ccc(N(c4ccc(-c5ccc(F)cc5)cc4)c4ccc5c(c4)C(c4ccc(C=C)cc4)(c4c(F)cc(F)c(F)c4F)c4ccccc4-5)cc32)cc1. The van der Waals surface area contributed by atoms with Crippen LogP contribution in [0.5, 0.6) is 0 Å². The first-order valence-corrected chi connectivity index (χ1v) is 24.1. The van der Waals surface area contributed by atoms with Gasteiger partial charge in [-0.3, -0.25) is 0 Å². The highest BCUT2D eigenvalue weighted by atomic mass is 19.2. The number of halogens is 9. The number of hydrogen-bond donors (Lipinski definition) is 0. The highest BCUT2D eigenvalue weighted by Gasteiger charge is 2.52. The zero-order valence-corrected chi connectivity index (χ0v) is 39.9. The van der Waals surface area contributed by atoms with Crippen LogP contribution in [0.15, 0.2) is 207 Å². The molecule has 0 amide bonds. The van der Waals surface area contributed by atoms with Gasteiger partial charge in [0, 0.05) is 40.3 Å². The molecule has 0 heterocycles. The van der Waals surface area contributed by atoms with Crippen LogP contribution < -0.4 is 4.90 Å². The molecule has 10 aromatic rings. The number of anilines is 3. The Morgan fingerprint density at radius 3 is 1.11 bits per heavy atom. The van der Waals surface area contributed by atoms with Crippen LogP contribution >= 0.6 is 0 Å². The summed E-state index contributed by atoms with van der Waals surface area (Å²) in [5.41, 5.74) is 2.75. The largest absolute Gasteiger partial charge is 0.310 e. The van der Waals surface area contributed by atoms with Crippen LogP contribution in [0, 0.1) is 52.4 Å².